The van der Waals surface area contributed by atoms with Crippen molar-refractivity contribution in [3.05, 3.63) is 59.9 Å². The molecule has 3 aromatic rings. The van der Waals surface area contributed by atoms with Crippen LogP contribution in [0.4, 0.5) is 0 Å². The van der Waals surface area contributed by atoms with Gasteiger partial charge in [-0.2, -0.15) is 0 Å². The first kappa shape index (κ1) is 19.8. The summed E-state index contributed by atoms with van der Waals surface area (Å²) in [6.45, 7) is -0.00727. The van der Waals surface area contributed by atoms with E-state index in [2.05, 4.69) is 10.3 Å². The second-order valence-corrected chi connectivity index (χ2v) is 6.94. The summed E-state index contributed by atoms with van der Waals surface area (Å²) in [4.78, 5) is 28.8. The third-order valence-electron chi connectivity index (χ3n) is 4.43. The number of carboxylic acid groups (broad SMARTS) is 1. The number of carboxylic acids is 1. The Morgan fingerprint density at radius 3 is 2.71 bits per heavy atom. The lowest BCUT2D eigenvalue weighted by atomic mass is 9.98. The zero-order chi connectivity index (χ0) is 20.1. The third kappa shape index (κ3) is 4.12. The molecule has 2 N–H and O–H groups in total. The van der Waals surface area contributed by atoms with Crippen LogP contribution in [-0.4, -0.2) is 46.3 Å². The van der Waals surface area contributed by atoms with Crippen LogP contribution >= 0.6 is 11.8 Å². The number of rotatable bonds is 8. The number of ether oxygens (including phenoxy) is 1. The minimum absolute atomic E-state index is 0.00727. The normalized spacial score (nSPS) is 11.9. The monoisotopic (exact) mass is 399 g/mol. The molecule has 0 saturated carbocycles. The van der Waals surface area contributed by atoms with Crippen molar-refractivity contribution < 1.29 is 19.4 Å². The first-order valence-corrected chi connectivity index (χ1v) is 9.91. The molecular weight excluding hydrogens is 378 g/mol. The number of benzene rings is 1. The highest BCUT2D eigenvalue weighted by Crippen LogP contribution is 2.22. The van der Waals surface area contributed by atoms with Crippen LogP contribution in [0, 0.1) is 5.92 Å². The Morgan fingerprint density at radius 1 is 1.25 bits per heavy atom. The third-order valence-corrected chi connectivity index (χ3v) is 5.08. The number of hydrogen-bond acceptors (Lipinski definition) is 5. The number of para-hydroxylation sites is 1. The van der Waals surface area contributed by atoms with Gasteiger partial charge in [-0.05, 0) is 36.4 Å². The fourth-order valence-corrected chi connectivity index (χ4v) is 3.54. The number of methoxy groups -OCH3 is 1. The lowest BCUT2D eigenvalue weighted by Crippen LogP contribution is -2.34. The van der Waals surface area contributed by atoms with Gasteiger partial charge in [0.2, 0.25) is 0 Å². The SMILES string of the molecule is COc1ccccc1CC(CNC(=O)c1nc(SC)n2ccccc12)C(=O)O. The van der Waals surface area contributed by atoms with Crippen molar-refractivity contribution in [2.24, 2.45) is 5.92 Å². The molecular formula is C20H21N3O4S. The minimum atomic E-state index is -0.981. The Bertz CT molecular complexity index is 1000. The number of thioether (sulfide) groups is 1. The summed E-state index contributed by atoms with van der Waals surface area (Å²) in [6, 6.07) is 12.8. The summed E-state index contributed by atoms with van der Waals surface area (Å²) in [6.07, 6.45) is 3.98. The first-order chi connectivity index (χ1) is 13.5. The number of fused-ring (bicyclic) bond motifs is 1. The van der Waals surface area contributed by atoms with Crippen LogP contribution in [0.25, 0.3) is 5.52 Å². The molecule has 7 nitrogen and oxygen atoms in total. The van der Waals surface area contributed by atoms with Gasteiger partial charge in [-0.1, -0.05) is 36.0 Å². The van der Waals surface area contributed by atoms with Crippen molar-refractivity contribution in [2.45, 2.75) is 11.6 Å². The molecule has 0 aliphatic heterocycles. The van der Waals surface area contributed by atoms with E-state index in [-0.39, 0.29) is 18.7 Å². The van der Waals surface area contributed by atoms with Gasteiger partial charge in [-0.15, -0.1) is 0 Å². The molecule has 1 amide bonds. The minimum Gasteiger partial charge on any atom is -0.496 e. The molecule has 0 spiro atoms. The van der Waals surface area contributed by atoms with Crippen molar-refractivity contribution in [3.63, 3.8) is 0 Å². The second-order valence-electron chi connectivity index (χ2n) is 6.16. The number of nitrogens with zero attached hydrogens (tertiary/aromatic N) is 2. The van der Waals surface area contributed by atoms with E-state index in [1.807, 2.05) is 53.3 Å². The van der Waals surface area contributed by atoms with Crippen LogP contribution in [0.3, 0.4) is 0 Å². The number of aromatic nitrogens is 2. The fourth-order valence-electron chi connectivity index (χ4n) is 3.00. The van der Waals surface area contributed by atoms with Crippen LogP contribution in [-0.2, 0) is 11.2 Å². The van der Waals surface area contributed by atoms with E-state index in [0.29, 0.717) is 16.4 Å². The predicted octanol–water partition coefficient (Wildman–Crippen LogP) is 2.74. The Hall–Kier alpha value is -3.00. The van der Waals surface area contributed by atoms with Gasteiger partial charge < -0.3 is 15.2 Å². The zero-order valence-corrected chi connectivity index (χ0v) is 16.4. The maximum atomic E-state index is 12.7. The van der Waals surface area contributed by atoms with Gasteiger partial charge in [0.05, 0.1) is 18.5 Å². The number of hydrogen-bond donors (Lipinski definition) is 2. The standard InChI is InChI=1S/C20H21N3O4S/c1-27-16-9-4-3-7-13(16)11-14(19(25)26)12-21-18(24)17-15-8-5-6-10-23(15)20(22-17)28-2/h3-10,14H,11-12H2,1-2H3,(H,21,24)(H,25,26). The summed E-state index contributed by atoms with van der Waals surface area (Å²) in [7, 11) is 1.55. The lowest BCUT2D eigenvalue weighted by Gasteiger charge is -2.15. The maximum absolute atomic E-state index is 12.7. The van der Waals surface area contributed by atoms with E-state index in [9.17, 15) is 14.7 Å². The molecule has 2 heterocycles. The Morgan fingerprint density at radius 2 is 2.00 bits per heavy atom. The number of imidazole rings is 1. The number of nitrogens with one attached hydrogen (secondary N) is 1. The molecule has 0 bridgehead atoms. The van der Waals surface area contributed by atoms with E-state index in [0.717, 1.165) is 5.56 Å². The van der Waals surface area contributed by atoms with Crippen molar-refractivity contribution in [2.75, 3.05) is 19.9 Å². The van der Waals surface area contributed by atoms with E-state index in [1.54, 1.807) is 13.2 Å². The first-order valence-electron chi connectivity index (χ1n) is 8.69. The molecule has 0 radical (unpaired) electrons. The van der Waals surface area contributed by atoms with Gasteiger partial charge in [0.25, 0.3) is 5.91 Å². The van der Waals surface area contributed by atoms with Crippen LogP contribution in [0.2, 0.25) is 0 Å². The smallest absolute Gasteiger partial charge is 0.308 e. The van der Waals surface area contributed by atoms with Crippen molar-refractivity contribution in [3.8, 4) is 5.75 Å². The average Bonchev–Trinajstić information content (AvgIpc) is 3.10. The molecule has 1 atom stereocenters. The molecule has 0 saturated heterocycles. The average molecular weight is 399 g/mol. The summed E-state index contributed by atoms with van der Waals surface area (Å²) >= 11 is 1.44. The van der Waals surface area contributed by atoms with Crippen molar-refractivity contribution in [1.29, 1.82) is 0 Å². The van der Waals surface area contributed by atoms with Crippen molar-refractivity contribution >= 4 is 29.2 Å². The molecule has 1 aromatic carbocycles. The van der Waals surface area contributed by atoms with Crippen LogP contribution in [0.15, 0.2) is 53.8 Å². The molecule has 0 fully saturated rings. The van der Waals surface area contributed by atoms with E-state index < -0.39 is 17.8 Å². The topological polar surface area (TPSA) is 92.9 Å². The molecule has 3 rings (SSSR count). The Balaban J connectivity index is 1.76. The summed E-state index contributed by atoms with van der Waals surface area (Å²) in [5.74, 6) is -1.53. The second kappa shape index (κ2) is 8.79. The molecule has 1 unspecified atom stereocenters. The number of pyridine rings is 1. The molecule has 0 aliphatic carbocycles. The molecule has 28 heavy (non-hydrogen) atoms. The van der Waals surface area contributed by atoms with Gasteiger partial charge in [0, 0.05) is 12.7 Å². The largest absolute Gasteiger partial charge is 0.496 e. The van der Waals surface area contributed by atoms with Gasteiger partial charge in [-0.3, -0.25) is 14.0 Å². The van der Waals surface area contributed by atoms with Crippen LogP contribution < -0.4 is 10.1 Å². The van der Waals surface area contributed by atoms with Gasteiger partial charge in [0.15, 0.2) is 10.9 Å². The highest BCUT2D eigenvalue weighted by molar-refractivity contribution is 7.98. The van der Waals surface area contributed by atoms with Gasteiger partial charge >= 0.3 is 5.97 Å². The van der Waals surface area contributed by atoms with Crippen LogP contribution in [0.5, 0.6) is 5.75 Å². The summed E-state index contributed by atoms with van der Waals surface area (Å²) in [5.41, 5.74) is 1.75. The number of amides is 1. The summed E-state index contributed by atoms with van der Waals surface area (Å²) < 4.78 is 7.13. The summed E-state index contributed by atoms with van der Waals surface area (Å²) in [5, 5.41) is 13.0. The molecule has 2 aromatic heterocycles. The fraction of sp³-hybridized carbons (Fsp3) is 0.250. The number of carbonyl (C=O) groups is 2. The predicted molar refractivity (Wildman–Crippen MR) is 107 cm³/mol. The molecule has 146 valence electrons. The number of aliphatic carboxylic acids is 1. The van der Waals surface area contributed by atoms with Crippen LogP contribution in [0.1, 0.15) is 16.1 Å². The highest BCUT2D eigenvalue weighted by Gasteiger charge is 2.23. The van der Waals surface area contributed by atoms with Crippen molar-refractivity contribution in [1.82, 2.24) is 14.7 Å². The maximum Gasteiger partial charge on any atom is 0.308 e. The van der Waals surface area contributed by atoms with E-state index in [4.69, 9.17) is 4.74 Å². The van der Waals surface area contributed by atoms with Gasteiger partial charge in [0.1, 0.15) is 5.75 Å². The molecule has 8 heteroatoms. The lowest BCUT2D eigenvalue weighted by molar-refractivity contribution is -0.141. The van der Waals surface area contributed by atoms with E-state index >= 15 is 0 Å². The molecule has 0 aliphatic rings. The van der Waals surface area contributed by atoms with E-state index in [1.165, 1.54) is 11.8 Å². The quantitative estimate of drug-likeness (QED) is 0.566. The zero-order valence-electron chi connectivity index (χ0n) is 15.6. The Labute approximate surface area is 166 Å². The van der Waals surface area contributed by atoms with Gasteiger partial charge in [-0.25, -0.2) is 4.98 Å². The number of carbonyl (C=O) groups excluding carboxylic acids is 1. The Kier molecular flexibility index (Phi) is 6.20. The highest BCUT2D eigenvalue weighted by atomic mass is 32.2.